The second-order valence-corrected chi connectivity index (χ2v) is 7.86. The van der Waals surface area contributed by atoms with E-state index in [2.05, 4.69) is 27.0 Å². The molecule has 3 aromatic rings. The molecule has 4 heterocycles. The number of amides is 1. The lowest BCUT2D eigenvalue weighted by atomic mass is 9.84. The van der Waals surface area contributed by atoms with Gasteiger partial charge in [-0.3, -0.25) is 4.79 Å². The molecule has 30 heavy (non-hydrogen) atoms. The largest absolute Gasteiger partial charge is 0.418 e. The third-order valence-electron chi connectivity index (χ3n) is 5.44. The Kier molecular flexibility index (Phi) is 5.13. The summed E-state index contributed by atoms with van der Waals surface area (Å²) in [5.41, 5.74) is -0.0108. The summed E-state index contributed by atoms with van der Waals surface area (Å²) >= 11 is 5.79. The minimum Gasteiger partial charge on any atom is -0.338 e. The Labute approximate surface area is 174 Å². The van der Waals surface area contributed by atoms with E-state index in [0.717, 1.165) is 17.5 Å². The topological polar surface area (TPSA) is 76.3 Å². The number of aryl methyl sites for hydroxylation is 1. The van der Waals surface area contributed by atoms with Gasteiger partial charge in [0.1, 0.15) is 11.5 Å². The zero-order valence-electron chi connectivity index (χ0n) is 16.2. The maximum Gasteiger partial charge on any atom is 0.418 e. The molecule has 0 bridgehead atoms. The molecule has 1 unspecified atom stereocenters. The van der Waals surface area contributed by atoms with Crippen LogP contribution < -0.4 is 0 Å². The molecule has 0 aromatic carbocycles. The Balaban J connectivity index is 1.70. The van der Waals surface area contributed by atoms with Gasteiger partial charge in [-0.25, -0.2) is 14.5 Å². The van der Waals surface area contributed by atoms with E-state index in [1.807, 2.05) is 13.0 Å². The van der Waals surface area contributed by atoms with Crippen molar-refractivity contribution in [3.63, 3.8) is 0 Å². The van der Waals surface area contributed by atoms with Gasteiger partial charge in [-0.2, -0.15) is 23.3 Å². The summed E-state index contributed by atoms with van der Waals surface area (Å²) in [4.78, 5) is 26.5. The van der Waals surface area contributed by atoms with Crippen LogP contribution in [0.2, 0.25) is 5.15 Å². The van der Waals surface area contributed by atoms with Crippen molar-refractivity contribution in [2.75, 3.05) is 13.1 Å². The molecule has 0 aliphatic carbocycles. The van der Waals surface area contributed by atoms with Gasteiger partial charge in [0.15, 0.2) is 0 Å². The van der Waals surface area contributed by atoms with E-state index in [1.165, 1.54) is 11.2 Å². The zero-order valence-corrected chi connectivity index (χ0v) is 16.9. The van der Waals surface area contributed by atoms with Crippen molar-refractivity contribution < 1.29 is 18.0 Å². The van der Waals surface area contributed by atoms with Crippen LogP contribution in [-0.2, 0) is 6.18 Å². The molecule has 11 heteroatoms. The monoisotopic (exact) mass is 438 g/mol. The molecular weight excluding hydrogens is 421 g/mol. The van der Waals surface area contributed by atoms with Gasteiger partial charge in [-0.15, -0.1) is 0 Å². The van der Waals surface area contributed by atoms with Crippen LogP contribution in [0.15, 0.2) is 24.7 Å². The molecule has 1 saturated heterocycles. The van der Waals surface area contributed by atoms with E-state index in [0.29, 0.717) is 24.9 Å². The number of rotatable bonds is 2. The average molecular weight is 439 g/mol. The number of fused-ring (bicyclic) bond motifs is 1. The highest BCUT2D eigenvalue weighted by atomic mass is 35.5. The normalized spacial score (nSPS) is 20.0. The summed E-state index contributed by atoms with van der Waals surface area (Å²) in [5, 5.41) is 4.06. The number of likely N-dealkylation sites (tertiary alicyclic amines) is 1. The van der Waals surface area contributed by atoms with Crippen molar-refractivity contribution >= 4 is 23.3 Å². The molecule has 2 atom stereocenters. The third kappa shape index (κ3) is 3.71. The highest BCUT2D eigenvalue weighted by Gasteiger charge is 2.39. The molecule has 1 aliphatic rings. The number of halogens is 4. The second kappa shape index (κ2) is 7.50. The number of hydrogen-bond donors (Lipinski definition) is 0. The first kappa shape index (κ1) is 20.5. The molecule has 158 valence electrons. The van der Waals surface area contributed by atoms with Gasteiger partial charge < -0.3 is 4.90 Å². The van der Waals surface area contributed by atoms with E-state index >= 15 is 0 Å². The van der Waals surface area contributed by atoms with Crippen LogP contribution >= 0.6 is 11.6 Å². The number of carbonyl (C=O) groups is 1. The minimum absolute atomic E-state index is 0.139. The van der Waals surface area contributed by atoms with Crippen LogP contribution in [0.5, 0.6) is 0 Å². The lowest BCUT2D eigenvalue weighted by molar-refractivity contribution is -0.138. The lowest BCUT2D eigenvalue weighted by Gasteiger charge is -2.37. The molecule has 0 saturated carbocycles. The maximum atomic E-state index is 13.4. The summed E-state index contributed by atoms with van der Waals surface area (Å²) in [6.45, 7) is 4.48. The van der Waals surface area contributed by atoms with Crippen LogP contribution in [0.25, 0.3) is 5.78 Å². The fraction of sp³-hybridized carbons (Fsp3) is 0.421. The van der Waals surface area contributed by atoms with E-state index < -0.39 is 23.2 Å². The van der Waals surface area contributed by atoms with Gasteiger partial charge >= 0.3 is 6.18 Å². The van der Waals surface area contributed by atoms with Crippen LogP contribution in [0, 0.1) is 12.8 Å². The number of aromatic nitrogens is 5. The molecule has 1 aliphatic heterocycles. The van der Waals surface area contributed by atoms with Gasteiger partial charge in [0, 0.05) is 30.9 Å². The molecule has 0 spiro atoms. The van der Waals surface area contributed by atoms with E-state index in [-0.39, 0.29) is 23.5 Å². The highest BCUT2D eigenvalue weighted by Crippen LogP contribution is 2.36. The third-order valence-corrected chi connectivity index (χ3v) is 5.65. The Morgan fingerprint density at radius 1 is 1.27 bits per heavy atom. The summed E-state index contributed by atoms with van der Waals surface area (Å²) in [5.74, 6) is -0.225. The van der Waals surface area contributed by atoms with Crippen molar-refractivity contribution in [2.24, 2.45) is 5.92 Å². The van der Waals surface area contributed by atoms with Crippen LogP contribution in [-0.4, -0.2) is 48.5 Å². The standard InChI is InChI=1S/C19H18ClF3N6O/c1-10-3-4-28(17(30)12-6-16(20)24-7-14(12)19(21,22)23)8-13(10)15-5-11(2)27-18-25-9-26-29(15)18/h5-7,9-10,13H,3-4,8H2,1-2H3/t10-,13?/m1/s1. The molecular formula is C19H18ClF3N6O. The molecule has 1 amide bonds. The average Bonchev–Trinajstić information content (AvgIpc) is 3.14. The maximum absolute atomic E-state index is 13.4. The number of hydrogen-bond acceptors (Lipinski definition) is 5. The van der Waals surface area contributed by atoms with Gasteiger partial charge in [-0.05, 0) is 31.4 Å². The van der Waals surface area contributed by atoms with Crippen molar-refractivity contribution in [1.29, 1.82) is 0 Å². The molecule has 0 radical (unpaired) electrons. The summed E-state index contributed by atoms with van der Waals surface area (Å²) in [6, 6.07) is 2.85. The Morgan fingerprint density at radius 2 is 2.03 bits per heavy atom. The predicted molar refractivity (Wildman–Crippen MR) is 102 cm³/mol. The van der Waals surface area contributed by atoms with E-state index in [1.54, 1.807) is 4.52 Å². The van der Waals surface area contributed by atoms with Crippen molar-refractivity contribution in [3.8, 4) is 0 Å². The SMILES string of the molecule is Cc1cc(C2CN(C(=O)c3cc(Cl)ncc3C(F)(F)F)CC[C@H]2C)n2ncnc2n1. The number of pyridine rings is 1. The predicted octanol–water partition coefficient (Wildman–Crippen LogP) is 3.77. The molecule has 7 nitrogen and oxygen atoms in total. The smallest absolute Gasteiger partial charge is 0.338 e. The quantitative estimate of drug-likeness (QED) is 0.569. The molecule has 1 fully saturated rings. The van der Waals surface area contributed by atoms with Gasteiger partial charge in [-0.1, -0.05) is 18.5 Å². The molecule has 0 N–H and O–H groups in total. The van der Waals surface area contributed by atoms with E-state index in [4.69, 9.17) is 11.6 Å². The van der Waals surface area contributed by atoms with Gasteiger partial charge in [0.25, 0.3) is 11.7 Å². The van der Waals surface area contributed by atoms with E-state index in [9.17, 15) is 18.0 Å². The molecule has 3 aromatic heterocycles. The summed E-state index contributed by atoms with van der Waals surface area (Å²) < 4.78 is 41.9. The van der Waals surface area contributed by atoms with Crippen molar-refractivity contribution in [3.05, 3.63) is 52.3 Å². The van der Waals surface area contributed by atoms with Crippen LogP contribution in [0.1, 0.15) is 46.6 Å². The fourth-order valence-electron chi connectivity index (χ4n) is 3.86. The van der Waals surface area contributed by atoms with Gasteiger partial charge in [0.05, 0.1) is 16.8 Å². The Morgan fingerprint density at radius 3 is 2.77 bits per heavy atom. The fourth-order valence-corrected chi connectivity index (χ4v) is 4.02. The van der Waals surface area contributed by atoms with Gasteiger partial charge in [0.2, 0.25) is 0 Å². The number of alkyl halides is 3. The highest BCUT2D eigenvalue weighted by molar-refractivity contribution is 6.29. The lowest BCUT2D eigenvalue weighted by Crippen LogP contribution is -2.43. The zero-order chi connectivity index (χ0) is 21.6. The first-order chi connectivity index (χ1) is 14.1. The van der Waals surface area contributed by atoms with Crippen LogP contribution in [0.3, 0.4) is 0 Å². The molecule has 4 rings (SSSR count). The Bertz CT molecular complexity index is 1120. The minimum atomic E-state index is -4.71. The Hall–Kier alpha value is -2.75. The number of carbonyl (C=O) groups excluding carboxylic acids is 1. The summed E-state index contributed by atoms with van der Waals surface area (Å²) in [6.07, 6.45) is -2.07. The first-order valence-corrected chi connectivity index (χ1v) is 9.72. The van der Waals surface area contributed by atoms with Crippen molar-refractivity contribution in [2.45, 2.75) is 32.4 Å². The second-order valence-electron chi connectivity index (χ2n) is 7.47. The first-order valence-electron chi connectivity index (χ1n) is 9.34. The number of piperidine rings is 1. The van der Waals surface area contributed by atoms with Crippen LogP contribution in [0.4, 0.5) is 13.2 Å². The summed E-state index contributed by atoms with van der Waals surface area (Å²) in [7, 11) is 0. The number of nitrogens with zero attached hydrogens (tertiary/aromatic N) is 6. The van der Waals surface area contributed by atoms with Crippen molar-refractivity contribution in [1.82, 2.24) is 29.5 Å².